The van der Waals surface area contributed by atoms with Crippen molar-refractivity contribution in [2.24, 2.45) is 23.7 Å². The van der Waals surface area contributed by atoms with Crippen molar-refractivity contribution >= 4 is 0 Å². The second-order valence-electron chi connectivity index (χ2n) is 9.34. The highest BCUT2D eigenvalue weighted by Gasteiger charge is 2.32. The lowest BCUT2D eigenvalue weighted by atomic mass is 9.68. The van der Waals surface area contributed by atoms with Crippen molar-refractivity contribution in [1.29, 1.82) is 0 Å². The van der Waals surface area contributed by atoms with Crippen molar-refractivity contribution in [2.75, 3.05) is 6.61 Å². The molecule has 0 spiro atoms. The molecule has 0 heterocycles. The summed E-state index contributed by atoms with van der Waals surface area (Å²) in [6, 6.07) is 0. The molecule has 2 rings (SSSR count). The molecule has 0 N–H and O–H groups in total. The molecule has 0 aliphatic heterocycles. The largest absolute Gasteiger partial charge is 0.374 e. The molecule has 152 valence electrons. The first-order valence-electron chi connectivity index (χ1n) is 12.0. The van der Waals surface area contributed by atoms with E-state index in [0.717, 1.165) is 23.7 Å². The fourth-order valence-corrected chi connectivity index (χ4v) is 5.60. The molecule has 0 saturated heterocycles. The first-order valence-corrected chi connectivity index (χ1v) is 12.0. The highest BCUT2D eigenvalue weighted by atomic mass is 16.5. The maximum absolute atomic E-state index is 5.88. The van der Waals surface area contributed by atoms with Gasteiger partial charge in [-0.1, -0.05) is 70.8 Å². The van der Waals surface area contributed by atoms with Gasteiger partial charge < -0.3 is 4.74 Å². The van der Waals surface area contributed by atoms with E-state index in [9.17, 15) is 0 Å². The van der Waals surface area contributed by atoms with E-state index in [1.165, 1.54) is 96.3 Å². The molecule has 1 unspecified atom stereocenters. The van der Waals surface area contributed by atoms with E-state index in [2.05, 4.69) is 20.4 Å². The van der Waals surface area contributed by atoms with Crippen molar-refractivity contribution < 1.29 is 4.74 Å². The highest BCUT2D eigenvalue weighted by molar-refractivity contribution is 4.84. The molecule has 26 heavy (non-hydrogen) atoms. The topological polar surface area (TPSA) is 9.23 Å². The third kappa shape index (κ3) is 7.75. The normalized spacial score (nSPS) is 30.8. The van der Waals surface area contributed by atoms with Crippen LogP contribution in [0.2, 0.25) is 0 Å². The van der Waals surface area contributed by atoms with Crippen LogP contribution in [0.1, 0.15) is 110 Å². The maximum atomic E-state index is 5.88. The third-order valence-corrected chi connectivity index (χ3v) is 7.48. The summed E-state index contributed by atoms with van der Waals surface area (Å²) >= 11 is 0. The van der Waals surface area contributed by atoms with Crippen LogP contribution < -0.4 is 0 Å². The van der Waals surface area contributed by atoms with Gasteiger partial charge in [0.2, 0.25) is 0 Å². The second kappa shape index (κ2) is 13.0. The Labute approximate surface area is 164 Å². The monoisotopic (exact) mass is 362 g/mol. The molecule has 1 heteroatoms. The average Bonchev–Trinajstić information content (AvgIpc) is 2.69. The van der Waals surface area contributed by atoms with Crippen LogP contribution in [0.3, 0.4) is 0 Å². The van der Waals surface area contributed by atoms with Crippen LogP contribution in [-0.2, 0) is 4.74 Å². The van der Waals surface area contributed by atoms with Crippen LogP contribution in [0, 0.1) is 23.7 Å². The minimum absolute atomic E-state index is 0.419. The summed E-state index contributed by atoms with van der Waals surface area (Å²) in [6.45, 7) is 9.05. The summed E-state index contributed by atoms with van der Waals surface area (Å²) < 4.78 is 5.88. The first kappa shape index (κ1) is 22.0. The van der Waals surface area contributed by atoms with Gasteiger partial charge in [-0.3, -0.25) is 0 Å². The SMILES string of the molecule is C=CCOC(C)C1CCC(C2CCC(CCCCCCCC)CC2)CC1. The van der Waals surface area contributed by atoms with Crippen molar-refractivity contribution in [1.82, 2.24) is 0 Å². The molecule has 2 saturated carbocycles. The summed E-state index contributed by atoms with van der Waals surface area (Å²) in [5.74, 6) is 3.91. The Morgan fingerprint density at radius 1 is 0.846 bits per heavy atom. The summed E-state index contributed by atoms with van der Waals surface area (Å²) in [4.78, 5) is 0. The Bertz CT molecular complexity index is 347. The molecule has 0 radical (unpaired) electrons. The Morgan fingerprint density at radius 2 is 1.42 bits per heavy atom. The minimum atomic E-state index is 0.419. The van der Waals surface area contributed by atoms with E-state index >= 15 is 0 Å². The zero-order chi connectivity index (χ0) is 18.6. The molecule has 2 fully saturated rings. The minimum Gasteiger partial charge on any atom is -0.374 e. The van der Waals surface area contributed by atoms with Crippen LogP contribution in [0.5, 0.6) is 0 Å². The molecule has 0 aromatic rings. The van der Waals surface area contributed by atoms with Crippen molar-refractivity contribution in [2.45, 2.75) is 116 Å². The standard InChI is InChI=1S/C25H46O/c1-4-6-7-8-9-10-11-22-12-14-24(15-13-22)25-18-16-23(17-19-25)21(3)26-20-5-2/h5,21-25H,2,4,6-20H2,1,3H3. The van der Waals surface area contributed by atoms with Gasteiger partial charge in [-0.05, 0) is 69.1 Å². The fraction of sp³-hybridized carbons (Fsp3) is 0.920. The van der Waals surface area contributed by atoms with E-state index in [0.29, 0.717) is 12.7 Å². The van der Waals surface area contributed by atoms with Gasteiger partial charge in [-0.2, -0.15) is 0 Å². The zero-order valence-electron chi connectivity index (χ0n) is 17.9. The van der Waals surface area contributed by atoms with Gasteiger partial charge in [-0.15, -0.1) is 6.58 Å². The van der Waals surface area contributed by atoms with Gasteiger partial charge >= 0.3 is 0 Å². The molecule has 0 aromatic carbocycles. The molecular weight excluding hydrogens is 316 g/mol. The van der Waals surface area contributed by atoms with E-state index in [1.807, 2.05) is 6.08 Å². The van der Waals surface area contributed by atoms with Crippen molar-refractivity contribution in [3.8, 4) is 0 Å². The summed E-state index contributed by atoms with van der Waals surface area (Å²) in [7, 11) is 0. The summed E-state index contributed by atoms with van der Waals surface area (Å²) in [6.07, 6.45) is 24.3. The van der Waals surface area contributed by atoms with Crippen LogP contribution in [0.25, 0.3) is 0 Å². The van der Waals surface area contributed by atoms with Gasteiger partial charge in [0.05, 0.1) is 12.7 Å². The molecule has 1 nitrogen and oxygen atoms in total. The fourth-order valence-electron chi connectivity index (χ4n) is 5.60. The summed E-state index contributed by atoms with van der Waals surface area (Å²) in [5.41, 5.74) is 0. The molecule has 2 aliphatic carbocycles. The van der Waals surface area contributed by atoms with E-state index in [4.69, 9.17) is 4.74 Å². The van der Waals surface area contributed by atoms with Crippen LogP contribution in [0.15, 0.2) is 12.7 Å². The van der Waals surface area contributed by atoms with Crippen LogP contribution >= 0.6 is 0 Å². The molecule has 0 bridgehead atoms. The van der Waals surface area contributed by atoms with Gasteiger partial charge in [0.1, 0.15) is 0 Å². The first-order chi connectivity index (χ1) is 12.7. The van der Waals surface area contributed by atoms with Gasteiger partial charge in [0, 0.05) is 0 Å². The Morgan fingerprint density at radius 3 is 2.04 bits per heavy atom. The summed E-state index contributed by atoms with van der Waals surface area (Å²) in [5, 5.41) is 0. The van der Waals surface area contributed by atoms with Crippen LogP contribution in [-0.4, -0.2) is 12.7 Å². The Hall–Kier alpha value is -0.300. The Kier molecular flexibility index (Phi) is 11.0. The average molecular weight is 363 g/mol. The lowest BCUT2D eigenvalue weighted by Crippen LogP contribution is -2.30. The number of hydrogen-bond acceptors (Lipinski definition) is 1. The van der Waals surface area contributed by atoms with E-state index in [1.54, 1.807) is 0 Å². The number of unbranched alkanes of at least 4 members (excludes halogenated alkanes) is 5. The maximum Gasteiger partial charge on any atom is 0.0648 e. The second-order valence-corrected chi connectivity index (χ2v) is 9.34. The van der Waals surface area contributed by atoms with Crippen LogP contribution in [0.4, 0.5) is 0 Å². The van der Waals surface area contributed by atoms with Gasteiger partial charge in [0.15, 0.2) is 0 Å². The van der Waals surface area contributed by atoms with Crippen molar-refractivity contribution in [3.05, 3.63) is 12.7 Å². The van der Waals surface area contributed by atoms with E-state index < -0.39 is 0 Å². The van der Waals surface area contributed by atoms with Gasteiger partial charge in [0.25, 0.3) is 0 Å². The number of ether oxygens (including phenoxy) is 1. The lowest BCUT2D eigenvalue weighted by molar-refractivity contribution is 0.0153. The molecule has 0 amide bonds. The lowest BCUT2D eigenvalue weighted by Gasteiger charge is -2.39. The molecule has 1 atom stereocenters. The van der Waals surface area contributed by atoms with Gasteiger partial charge in [-0.25, -0.2) is 0 Å². The molecular formula is C25H46O. The zero-order valence-corrected chi connectivity index (χ0v) is 17.9. The Balaban J connectivity index is 1.55. The molecule has 2 aliphatic rings. The number of rotatable bonds is 12. The predicted molar refractivity (Wildman–Crippen MR) is 115 cm³/mol. The quantitative estimate of drug-likeness (QED) is 0.253. The molecule has 0 aromatic heterocycles. The smallest absolute Gasteiger partial charge is 0.0648 e. The van der Waals surface area contributed by atoms with Crippen molar-refractivity contribution in [3.63, 3.8) is 0 Å². The highest BCUT2D eigenvalue weighted by Crippen LogP contribution is 2.43. The predicted octanol–water partition coefficient (Wildman–Crippen LogP) is 7.94. The third-order valence-electron chi connectivity index (χ3n) is 7.48. The van der Waals surface area contributed by atoms with E-state index in [-0.39, 0.29) is 0 Å². The number of hydrogen-bond donors (Lipinski definition) is 0.